The number of aromatic nitrogens is 4. The molecule has 2 heterocycles. The number of hydrogen-bond donors (Lipinski definition) is 1. The maximum Gasteiger partial charge on any atom is 0.335 e. The molecule has 0 saturated carbocycles. The molecule has 0 aliphatic heterocycles. The molecule has 9 nitrogen and oxygen atoms in total. The fraction of sp³-hybridized carbons (Fsp3) is 0.269. The van der Waals surface area contributed by atoms with E-state index in [1.54, 1.807) is 36.4 Å². The third-order valence-corrected chi connectivity index (χ3v) is 5.59. The van der Waals surface area contributed by atoms with Gasteiger partial charge in [-0.3, -0.25) is 9.55 Å². The Morgan fingerprint density at radius 2 is 1.91 bits per heavy atom. The van der Waals surface area contributed by atoms with Crippen molar-refractivity contribution in [2.75, 3.05) is 0 Å². The molecule has 4 rings (SSSR count). The molecule has 0 fully saturated rings. The molecule has 0 radical (unpaired) electrons. The van der Waals surface area contributed by atoms with Crippen molar-refractivity contribution in [2.45, 2.75) is 46.2 Å². The lowest BCUT2D eigenvalue weighted by molar-refractivity contribution is 0.463. The van der Waals surface area contributed by atoms with Crippen molar-refractivity contribution in [3.8, 4) is 17.7 Å². The van der Waals surface area contributed by atoms with E-state index in [0.29, 0.717) is 42.4 Å². The van der Waals surface area contributed by atoms with Crippen LogP contribution in [-0.4, -0.2) is 19.1 Å². The van der Waals surface area contributed by atoms with E-state index in [9.17, 15) is 9.59 Å². The maximum absolute atomic E-state index is 13.2. The Labute approximate surface area is 202 Å². The molecular weight excluding hydrogens is 444 g/mol. The summed E-state index contributed by atoms with van der Waals surface area (Å²) in [7, 11) is 0. The lowest BCUT2D eigenvalue weighted by Crippen LogP contribution is -2.50. The Bertz CT molecular complexity index is 1500. The largest absolute Gasteiger partial charge is 0.439 e. The molecule has 0 bridgehead atoms. The second-order valence-electron chi connectivity index (χ2n) is 8.32. The molecule has 1 aliphatic carbocycles. The van der Waals surface area contributed by atoms with Crippen molar-refractivity contribution in [3.63, 3.8) is 0 Å². The second-order valence-corrected chi connectivity index (χ2v) is 8.32. The lowest BCUT2D eigenvalue weighted by Gasteiger charge is -2.15. The molecule has 0 spiro atoms. The van der Waals surface area contributed by atoms with Crippen molar-refractivity contribution < 1.29 is 4.74 Å². The van der Waals surface area contributed by atoms with E-state index in [4.69, 9.17) is 10.00 Å². The normalized spacial score (nSPS) is 13.7. The van der Waals surface area contributed by atoms with Crippen LogP contribution < -0.4 is 21.7 Å². The van der Waals surface area contributed by atoms with Gasteiger partial charge in [0.2, 0.25) is 11.5 Å². The zero-order valence-corrected chi connectivity index (χ0v) is 19.7. The summed E-state index contributed by atoms with van der Waals surface area (Å²) in [5, 5.41) is 8.88. The first-order chi connectivity index (χ1) is 17.0. The maximum atomic E-state index is 13.2. The quantitative estimate of drug-likeness (QED) is 0.565. The highest BCUT2D eigenvalue weighted by atomic mass is 16.5. The monoisotopic (exact) mass is 470 g/mol. The van der Waals surface area contributed by atoms with Gasteiger partial charge in [-0.1, -0.05) is 24.6 Å². The van der Waals surface area contributed by atoms with Gasteiger partial charge in [0, 0.05) is 18.8 Å². The van der Waals surface area contributed by atoms with Crippen molar-refractivity contribution in [1.29, 1.82) is 5.26 Å². The van der Waals surface area contributed by atoms with Gasteiger partial charge in [0.25, 0.3) is 0 Å². The van der Waals surface area contributed by atoms with Crippen LogP contribution in [0.1, 0.15) is 38.7 Å². The molecule has 0 atom stereocenters. The second kappa shape index (κ2) is 10.7. The SMILES string of the molecule is CCCn1c(=O)[nH]/c(=N\c2ccc(Oc3ccc(C#N)cn3)cc2)n(CC2=CC=C(C)CC2)c1=O. The van der Waals surface area contributed by atoms with Crippen molar-refractivity contribution in [3.05, 3.63) is 98.0 Å². The number of ether oxygens (including phenoxy) is 1. The molecular formula is C26H26N6O3. The minimum atomic E-state index is -0.480. The van der Waals surface area contributed by atoms with Gasteiger partial charge in [-0.15, -0.1) is 0 Å². The first-order valence-electron chi connectivity index (χ1n) is 11.4. The van der Waals surface area contributed by atoms with E-state index in [2.05, 4.69) is 28.0 Å². The van der Waals surface area contributed by atoms with E-state index in [1.165, 1.54) is 20.9 Å². The number of H-pyrrole nitrogens is 1. The number of allylic oxidation sites excluding steroid dienone is 4. The average molecular weight is 471 g/mol. The van der Waals surface area contributed by atoms with Crippen LogP contribution in [0.3, 0.4) is 0 Å². The number of benzene rings is 1. The summed E-state index contributed by atoms with van der Waals surface area (Å²) >= 11 is 0. The van der Waals surface area contributed by atoms with E-state index in [-0.39, 0.29) is 11.3 Å². The highest BCUT2D eigenvalue weighted by molar-refractivity contribution is 5.42. The number of pyridine rings is 1. The topological polar surface area (TPSA) is 118 Å². The summed E-state index contributed by atoms with van der Waals surface area (Å²) in [6, 6.07) is 12.1. The van der Waals surface area contributed by atoms with Crippen molar-refractivity contribution in [1.82, 2.24) is 19.1 Å². The molecule has 35 heavy (non-hydrogen) atoms. The fourth-order valence-corrected chi connectivity index (χ4v) is 3.66. The fourth-order valence-electron chi connectivity index (χ4n) is 3.66. The minimum absolute atomic E-state index is 0.196. The molecule has 2 aromatic heterocycles. The number of nitrogens with one attached hydrogen (secondary N) is 1. The summed E-state index contributed by atoms with van der Waals surface area (Å²) in [6.07, 6.45) is 8.01. The smallest absolute Gasteiger partial charge is 0.335 e. The predicted octanol–water partition coefficient (Wildman–Crippen LogP) is 3.71. The van der Waals surface area contributed by atoms with Gasteiger partial charge in [-0.05, 0) is 62.1 Å². The Kier molecular flexibility index (Phi) is 7.21. The molecule has 1 aliphatic rings. The predicted molar refractivity (Wildman–Crippen MR) is 131 cm³/mol. The average Bonchev–Trinajstić information content (AvgIpc) is 2.87. The molecule has 1 N–H and O–H groups in total. The van der Waals surface area contributed by atoms with Gasteiger partial charge in [0.15, 0.2) is 0 Å². The van der Waals surface area contributed by atoms with Crippen LogP contribution in [0.25, 0.3) is 0 Å². The van der Waals surface area contributed by atoms with Crippen LogP contribution in [0.5, 0.6) is 11.6 Å². The highest BCUT2D eigenvalue weighted by Crippen LogP contribution is 2.22. The third-order valence-electron chi connectivity index (χ3n) is 5.59. The Balaban J connectivity index is 1.67. The number of hydrogen-bond acceptors (Lipinski definition) is 6. The Morgan fingerprint density at radius 1 is 1.11 bits per heavy atom. The molecule has 0 saturated heterocycles. The zero-order valence-electron chi connectivity index (χ0n) is 19.7. The number of nitrogens with zero attached hydrogens (tertiary/aromatic N) is 5. The van der Waals surface area contributed by atoms with Crippen LogP contribution in [0.2, 0.25) is 0 Å². The number of rotatable bonds is 7. The van der Waals surface area contributed by atoms with Crippen LogP contribution in [0, 0.1) is 11.3 Å². The molecule has 1 aromatic carbocycles. The van der Waals surface area contributed by atoms with Crippen LogP contribution in [0.15, 0.2) is 80.5 Å². The van der Waals surface area contributed by atoms with Gasteiger partial charge in [-0.25, -0.2) is 24.1 Å². The van der Waals surface area contributed by atoms with E-state index in [1.807, 2.05) is 19.1 Å². The lowest BCUT2D eigenvalue weighted by atomic mass is 9.99. The summed E-state index contributed by atoms with van der Waals surface area (Å²) in [5.74, 6) is 0.899. The van der Waals surface area contributed by atoms with Crippen molar-refractivity contribution >= 4 is 5.69 Å². The first-order valence-corrected chi connectivity index (χ1v) is 11.4. The van der Waals surface area contributed by atoms with Crippen LogP contribution in [-0.2, 0) is 13.1 Å². The number of nitriles is 1. The summed E-state index contributed by atoms with van der Waals surface area (Å²) in [4.78, 5) is 37.2. The summed E-state index contributed by atoms with van der Waals surface area (Å²) in [5.41, 5.74) is 2.73. The third kappa shape index (κ3) is 5.73. The van der Waals surface area contributed by atoms with Crippen LogP contribution in [0.4, 0.5) is 5.69 Å². The van der Waals surface area contributed by atoms with Crippen molar-refractivity contribution in [2.24, 2.45) is 4.99 Å². The standard InChI is InChI=1S/C26H26N6O3/c1-3-14-31-25(33)30-24(32(26(31)34)17-19-6-4-18(2)5-7-19)29-21-9-11-22(12-10-21)35-23-13-8-20(15-27)16-28-23/h4,6,8-13,16H,3,5,7,14,17H2,1-2H3,(H,29,30,33). The zero-order chi connectivity index (χ0) is 24.8. The molecule has 9 heteroatoms. The van der Waals surface area contributed by atoms with Gasteiger partial charge in [0.1, 0.15) is 11.8 Å². The molecule has 0 unspecified atom stereocenters. The van der Waals surface area contributed by atoms with Gasteiger partial charge in [0.05, 0.1) is 17.8 Å². The Morgan fingerprint density at radius 3 is 2.54 bits per heavy atom. The van der Waals surface area contributed by atoms with Crippen LogP contribution >= 0.6 is 0 Å². The molecule has 3 aromatic rings. The minimum Gasteiger partial charge on any atom is -0.439 e. The van der Waals surface area contributed by atoms with E-state index < -0.39 is 5.69 Å². The van der Waals surface area contributed by atoms with Gasteiger partial charge in [-0.2, -0.15) is 5.26 Å². The van der Waals surface area contributed by atoms with Gasteiger partial charge < -0.3 is 4.74 Å². The van der Waals surface area contributed by atoms with E-state index >= 15 is 0 Å². The van der Waals surface area contributed by atoms with E-state index in [0.717, 1.165) is 18.4 Å². The summed E-state index contributed by atoms with van der Waals surface area (Å²) in [6.45, 7) is 4.69. The molecule has 0 amide bonds. The highest BCUT2D eigenvalue weighted by Gasteiger charge is 2.12. The Hall–Kier alpha value is -4.45. The summed E-state index contributed by atoms with van der Waals surface area (Å²) < 4.78 is 8.43. The molecule has 178 valence electrons. The van der Waals surface area contributed by atoms with Gasteiger partial charge >= 0.3 is 11.4 Å². The first kappa shape index (κ1) is 23.7. The number of aromatic amines is 1.